The number of rotatable bonds is 43. The maximum absolute atomic E-state index is 11.6. The Labute approximate surface area is 311 Å². The maximum Gasteiger partial charge on any atom is 0.308 e. The van der Waals surface area contributed by atoms with E-state index < -0.39 is 5.60 Å². The Morgan fingerprint density at radius 2 is 0.558 bits per heavy atom. The lowest BCUT2D eigenvalue weighted by Crippen LogP contribution is -2.24. The van der Waals surface area contributed by atoms with Gasteiger partial charge in [-0.25, -0.2) is 0 Å². The SMILES string of the molecule is C#CCOCCOCCOCCOCCOCCOCCOCCOCCOCCOCCOCCOCCOCCOCCC(=O)OC(C)(C)C. The van der Waals surface area contributed by atoms with E-state index in [9.17, 15) is 4.79 Å². The summed E-state index contributed by atoms with van der Waals surface area (Å²) in [5.41, 5.74) is -0.477. The molecule has 0 rings (SSSR count). The van der Waals surface area contributed by atoms with Crippen molar-refractivity contribution in [3.05, 3.63) is 0 Å². The molecule has 0 saturated carbocycles. The van der Waals surface area contributed by atoms with Crippen LogP contribution in [-0.4, -0.2) is 197 Å². The van der Waals surface area contributed by atoms with Crippen molar-refractivity contribution >= 4 is 5.97 Å². The molecular formula is C36H68O16. The fraction of sp³-hybridized carbons (Fsp3) is 0.917. The zero-order valence-corrected chi connectivity index (χ0v) is 32.1. The lowest BCUT2D eigenvalue weighted by Gasteiger charge is -2.19. The molecule has 0 N–H and O–H groups in total. The van der Waals surface area contributed by atoms with Gasteiger partial charge in [0, 0.05) is 0 Å². The highest BCUT2D eigenvalue weighted by Gasteiger charge is 2.15. The van der Waals surface area contributed by atoms with Crippen LogP contribution in [0.15, 0.2) is 0 Å². The van der Waals surface area contributed by atoms with Crippen molar-refractivity contribution in [1.82, 2.24) is 0 Å². The van der Waals surface area contributed by atoms with Gasteiger partial charge >= 0.3 is 5.97 Å². The van der Waals surface area contributed by atoms with Gasteiger partial charge in [0.15, 0.2) is 0 Å². The first-order valence-corrected chi connectivity index (χ1v) is 18.2. The standard InChI is InChI=1S/C36H68O16/c1-5-7-38-9-11-40-13-15-42-17-19-44-21-23-46-25-27-48-29-31-50-33-34-51-32-30-49-28-26-47-24-22-45-20-18-43-16-14-41-12-10-39-8-6-35(37)52-36(2,3)4/h1H,6-34H2,2-4H3. The van der Waals surface area contributed by atoms with Crippen LogP contribution >= 0.6 is 0 Å². The van der Waals surface area contributed by atoms with E-state index >= 15 is 0 Å². The first-order valence-electron chi connectivity index (χ1n) is 18.2. The number of ether oxygens (including phenoxy) is 15. The van der Waals surface area contributed by atoms with E-state index in [-0.39, 0.29) is 12.4 Å². The zero-order valence-electron chi connectivity index (χ0n) is 32.1. The third kappa shape index (κ3) is 46.5. The summed E-state index contributed by atoms with van der Waals surface area (Å²) in [4.78, 5) is 11.6. The number of hydrogen-bond donors (Lipinski definition) is 0. The van der Waals surface area contributed by atoms with E-state index in [1.54, 1.807) is 0 Å². The van der Waals surface area contributed by atoms with Gasteiger partial charge in [0.1, 0.15) is 12.2 Å². The molecular weight excluding hydrogens is 688 g/mol. The highest BCUT2D eigenvalue weighted by molar-refractivity contribution is 5.69. The Kier molecular flexibility index (Phi) is 41.0. The number of esters is 1. The van der Waals surface area contributed by atoms with Crippen LogP contribution in [0.25, 0.3) is 0 Å². The van der Waals surface area contributed by atoms with Gasteiger partial charge in [-0.1, -0.05) is 5.92 Å². The van der Waals surface area contributed by atoms with Crippen LogP contribution in [0.3, 0.4) is 0 Å². The molecule has 0 radical (unpaired) electrons. The summed E-state index contributed by atoms with van der Waals surface area (Å²) >= 11 is 0. The predicted molar refractivity (Wildman–Crippen MR) is 191 cm³/mol. The van der Waals surface area contributed by atoms with Gasteiger partial charge in [-0.15, -0.1) is 6.42 Å². The van der Waals surface area contributed by atoms with Crippen molar-refractivity contribution in [2.45, 2.75) is 32.8 Å². The molecule has 0 atom stereocenters. The summed E-state index contributed by atoms with van der Waals surface area (Å²) in [6, 6.07) is 0. The molecule has 0 aliphatic carbocycles. The Hall–Kier alpha value is -1.53. The maximum atomic E-state index is 11.6. The third-order valence-electron chi connectivity index (χ3n) is 5.89. The molecule has 0 aliphatic heterocycles. The minimum atomic E-state index is -0.477. The van der Waals surface area contributed by atoms with Crippen LogP contribution in [0, 0.1) is 12.3 Å². The number of terminal acetylenes is 1. The molecule has 16 nitrogen and oxygen atoms in total. The van der Waals surface area contributed by atoms with Gasteiger partial charge in [-0.2, -0.15) is 0 Å². The van der Waals surface area contributed by atoms with Crippen LogP contribution < -0.4 is 0 Å². The summed E-state index contributed by atoms with van der Waals surface area (Å²) in [5.74, 6) is 2.13. The van der Waals surface area contributed by atoms with Crippen molar-refractivity contribution in [1.29, 1.82) is 0 Å². The molecule has 0 fully saturated rings. The van der Waals surface area contributed by atoms with E-state index in [4.69, 9.17) is 77.5 Å². The Balaban J connectivity index is 3.09. The average molecular weight is 757 g/mol. The Bertz CT molecular complexity index is 762. The summed E-state index contributed by atoms with van der Waals surface area (Å²) in [6.07, 6.45) is 5.31. The quantitative estimate of drug-likeness (QED) is 0.0502. The summed E-state index contributed by atoms with van der Waals surface area (Å²) < 4.78 is 81.1. The van der Waals surface area contributed by atoms with E-state index in [0.717, 1.165) is 0 Å². The van der Waals surface area contributed by atoms with E-state index in [0.29, 0.717) is 185 Å². The number of carbonyl (C=O) groups is 1. The lowest BCUT2D eigenvalue weighted by atomic mass is 10.2. The van der Waals surface area contributed by atoms with Gasteiger partial charge in [0.05, 0.1) is 185 Å². The van der Waals surface area contributed by atoms with Gasteiger partial charge in [-0.05, 0) is 20.8 Å². The largest absolute Gasteiger partial charge is 0.460 e. The molecule has 0 unspecified atom stereocenters. The first kappa shape index (κ1) is 50.5. The highest BCUT2D eigenvalue weighted by Crippen LogP contribution is 2.08. The van der Waals surface area contributed by atoms with Crippen LogP contribution in [0.5, 0.6) is 0 Å². The second kappa shape index (κ2) is 42.2. The summed E-state index contributed by atoms with van der Waals surface area (Å²) in [7, 11) is 0. The Morgan fingerprint density at radius 1 is 0.365 bits per heavy atom. The van der Waals surface area contributed by atoms with Gasteiger partial charge in [-0.3, -0.25) is 4.79 Å². The van der Waals surface area contributed by atoms with Gasteiger partial charge < -0.3 is 71.1 Å². The highest BCUT2D eigenvalue weighted by atomic mass is 16.6. The summed E-state index contributed by atoms with van der Waals surface area (Å²) in [5, 5.41) is 0. The average Bonchev–Trinajstić information content (AvgIpc) is 3.11. The minimum absolute atomic E-state index is 0.229. The van der Waals surface area contributed by atoms with Gasteiger partial charge in [0.25, 0.3) is 0 Å². The lowest BCUT2D eigenvalue weighted by molar-refractivity contribution is -0.156. The molecule has 16 heteroatoms. The number of carbonyl (C=O) groups excluding carboxylic acids is 1. The molecule has 0 aliphatic rings. The molecule has 0 heterocycles. The fourth-order valence-corrected chi connectivity index (χ4v) is 3.54. The third-order valence-corrected chi connectivity index (χ3v) is 5.89. The van der Waals surface area contributed by atoms with Crippen molar-refractivity contribution in [3.63, 3.8) is 0 Å². The second-order valence-corrected chi connectivity index (χ2v) is 11.6. The van der Waals surface area contributed by atoms with Crippen LogP contribution in [0.4, 0.5) is 0 Å². The van der Waals surface area contributed by atoms with Crippen molar-refractivity contribution in [2.75, 3.05) is 185 Å². The van der Waals surface area contributed by atoms with Crippen molar-refractivity contribution in [2.24, 2.45) is 0 Å². The second-order valence-electron chi connectivity index (χ2n) is 11.6. The predicted octanol–water partition coefficient (Wildman–Crippen LogP) is 1.58. The van der Waals surface area contributed by atoms with E-state index in [2.05, 4.69) is 5.92 Å². The van der Waals surface area contributed by atoms with Crippen LogP contribution in [-0.2, 0) is 75.8 Å². The smallest absolute Gasteiger partial charge is 0.308 e. The van der Waals surface area contributed by atoms with Crippen molar-refractivity contribution in [3.8, 4) is 12.3 Å². The molecule has 308 valence electrons. The molecule has 0 aromatic carbocycles. The van der Waals surface area contributed by atoms with Gasteiger partial charge in [0.2, 0.25) is 0 Å². The van der Waals surface area contributed by atoms with Crippen LogP contribution in [0.1, 0.15) is 27.2 Å². The molecule has 0 amide bonds. The minimum Gasteiger partial charge on any atom is -0.460 e. The van der Waals surface area contributed by atoms with Crippen LogP contribution in [0.2, 0.25) is 0 Å². The van der Waals surface area contributed by atoms with Crippen molar-refractivity contribution < 1.29 is 75.8 Å². The first-order chi connectivity index (χ1) is 25.5. The monoisotopic (exact) mass is 756 g/mol. The molecule has 0 aromatic heterocycles. The molecule has 0 spiro atoms. The molecule has 0 saturated heterocycles. The molecule has 0 bridgehead atoms. The van der Waals surface area contributed by atoms with E-state index in [1.165, 1.54) is 0 Å². The Morgan fingerprint density at radius 3 is 0.750 bits per heavy atom. The fourth-order valence-electron chi connectivity index (χ4n) is 3.54. The molecule has 0 aromatic rings. The summed E-state index contributed by atoms with van der Waals surface area (Å²) in [6.45, 7) is 18.8. The van der Waals surface area contributed by atoms with E-state index in [1.807, 2.05) is 20.8 Å². The number of hydrogen-bond acceptors (Lipinski definition) is 16. The molecule has 52 heavy (non-hydrogen) atoms. The topological polar surface area (TPSA) is 156 Å². The zero-order chi connectivity index (χ0) is 37.9. The normalized spacial score (nSPS) is 11.7.